The maximum Gasteiger partial charge on any atom is 0.194 e. The summed E-state index contributed by atoms with van der Waals surface area (Å²) in [6.45, 7) is 3.14. The number of hydrogen-bond donors (Lipinski definition) is 0. The van der Waals surface area contributed by atoms with Gasteiger partial charge in [-0.1, -0.05) is 77.6 Å². The van der Waals surface area contributed by atoms with Crippen molar-refractivity contribution in [2.45, 2.75) is 128 Å². The lowest BCUT2D eigenvalue weighted by atomic mass is 9.80. The van der Waals surface area contributed by atoms with E-state index in [1.165, 1.54) is 83.5 Å². The molecule has 1 aromatic rings. The van der Waals surface area contributed by atoms with Crippen molar-refractivity contribution in [1.82, 2.24) is 0 Å². The van der Waals surface area contributed by atoms with Gasteiger partial charge in [0.1, 0.15) is 0 Å². The Balaban J connectivity index is 1.23. The SMILES string of the molecule is CCCCCCCCCCC1CCC(COC2CCC(c3cc(F)c(F)c(F)c3)CC2)CC1. The zero-order valence-corrected chi connectivity index (χ0v) is 20.7. The molecule has 0 saturated heterocycles. The van der Waals surface area contributed by atoms with E-state index in [0.29, 0.717) is 11.5 Å². The number of ether oxygens (including phenoxy) is 1. The van der Waals surface area contributed by atoms with Crippen molar-refractivity contribution >= 4 is 0 Å². The van der Waals surface area contributed by atoms with Crippen LogP contribution in [0.25, 0.3) is 0 Å². The fraction of sp³-hybridized carbons (Fsp3) is 0.793. The summed E-state index contributed by atoms with van der Waals surface area (Å²) < 4.78 is 46.5. The molecule has 1 aromatic carbocycles. The molecule has 0 unspecified atom stereocenters. The summed E-state index contributed by atoms with van der Waals surface area (Å²) in [6.07, 6.45) is 21.7. The molecule has 0 atom stereocenters. The van der Waals surface area contributed by atoms with Gasteiger partial charge in [0.25, 0.3) is 0 Å². The van der Waals surface area contributed by atoms with Crippen molar-refractivity contribution in [2.75, 3.05) is 6.61 Å². The number of halogens is 3. The van der Waals surface area contributed by atoms with E-state index >= 15 is 0 Å². The Labute approximate surface area is 199 Å². The molecule has 2 aliphatic rings. The third-order valence-electron chi connectivity index (χ3n) is 8.15. The van der Waals surface area contributed by atoms with Gasteiger partial charge in [0.05, 0.1) is 6.10 Å². The minimum atomic E-state index is -1.37. The van der Waals surface area contributed by atoms with Gasteiger partial charge in [-0.15, -0.1) is 0 Å². The van der Waals surface area contributed by atoms with Crippen LogP contribution in [0.4, 0.5) is 13.2 Å². The molecule has 0 aliphatic heterocycles. The van der Waals surface area contributed by atoms with Gasteiger partial charge in [-0.05, 0) is 74.0 Å². The van der Waals surface area contributed by atoms with Crippen LogP contribution in [0.1, 0.15) is 128 Å². The highest BCUT2D eigenvalue weighted by Gasteiger charge is 2.27. The van der Waals surface area contributed by atoms with E-state index in [2.05, 4.69) is 6.92 Å². The highest BCUT2D eigenvalue weighted by Crippen LogP contribution is 2.37. The molecule has 0 spiro atoms. The summed E-state index contributed by atoms with van der Waals surface area (Å²) in [5.41, 5.74) is 0.583. The Morgan fingerprint density at radius 1 is 0.697 bits per heavy atom. The first-order valence-corrected chi connectivity index (χ1v) is 13.8. The molecule has 0 aromatic heterocycles. The van der Waals surface area contributed by atoms with E-state index in [1.54, 1.807) is 0 Å². The largest absolute Gasteiger partial charge is 0.378 e. The second-order valence-corrected chi connectivity index (χ2v) is 10.8. The number of unbranched alkanes of at least 4 members (excludes halogenated alkanes) is 7. The Morgan fingerprint density at radius 2 is 1.24 bits per heavy atom. The Kier molecular flexibility index (Phi) is 11.6. The van der Waals surface area contributed by atoms with Crippen LogP contribution in [-0.2, 0) is 4.74 Å². The summed E-state index contributed by atoms with van der Waals surface area (Å²) >= 11 is 0. The molecule has 2 aliphatic carbocycles. The second kappa shape index (κ2) is 14.4. The summed E-state index contributed by atoms with van der Waals surface area (Å²) in [5, 5.41) is 0. The molecule has 1 nitrogen and oxygen atoms in total. The van der Waals surface area contributed by atoms with Crippen molar-refractivity contribution in [2.24, 2.45) is 11.8 Å². The molecule has 0 heterocycles. The van der Waals surface area contributed by atoms with Gasteiger partial charge < -0.3 is 4.74 Å². The minimum Gasteiger partial charge on any atom is -0.378 e. The minimum absolute atomic E-state index is 0.0984. The van der Waals surface area contributed by atoms with Crippen molar-refractivity contribution in [3.8, 4) is 0 Å². The quantitative estimate of drug-likeness (QED) is 0.208. The highest BCUT2D eigenvalue weighted by atomic mass is 19.2. The second-order valence-electron chi connectivity index (χ2n) is 10.8. The maximum atomic E-state index is 13.5. The van der Waals surface area contributed by atoms with Crippen LogP contribution in [0.15, 0.2) is 12.1 Å². The summed E-state index contributed by atoms with van der Waals surface area (Å²) in [4.78, 5) is 0. The van der Waals surface area contributed by atoms with Crippen LogP contribution in [0.3, 0.4) is 0 Å². The predicted molar refractivity (Wildman–Crippen MR) is 130 cm³/mol. The lowest BCUT2D eigenvalue weighted by Gasteiger charge is -2.32. The van der Waals surface area contributed by atoms with Crippen LogP contribution in [0.2, 0.25) is 0 Å². The standard InChI is InChI=1S/C29H45F3O/c1-2-3-4-5-6-7-8-9-10-22-11-13-23(14-12-22)21-33-26-17-15-24(16-18-26)25-19-27(30)29(32)28(31)20-25/h19-20,22-24,26H,2-18,21H2,1H3. The van der Waals surface area contributed by atoms with Gasteiger partial charge in [0, 0.05) is 6.61 Å². The lowest BCUT2D eigenvalue weighted by Crippen LogP contribution is -2.25. The van der Waals surface area contributed by atoms with Gasteiger partial charge in [-0.25, -0.2) is 13.2 Å². The van der Waals surface area contributed by atoms with E-state index < -0.39 is 17.5 Å². The van der Waals surface area contributed by atoms with Crippen LogP contribution >= 0.6 is 0 Å². The van der Waals surface area contributed by atoms with Gasteiger partial charge in [0.15, 0.2) is 17.5 Å². The van der Waals surface area contributed by atoms with E-state index in [1.807, 2.05) is 0 Å². The molecule has 0 amide bonds. The average Bonchev–Trinajstić information content (AvgIpc) is 2.83. The first-order chi connectivity index (χ1) is 16.1. The fourth-order valence-electron chi connectivity index (χ4n) is 5.90. The number of rotatable bonds is 13. The molecular weight excluding hydrogens is 421 g/mol. The van der Waals surface area contributed by atoms with E-state index in [0.717, 1.165) is 50.3 Å². The third kappa shape index (κ3) is 8.92. The summed E-state index contributed by atoms with van der Waals surface area (Å²) in [6, 6.07) is 2.33. The zero-order chi connectivity index (χ0) is 23.5. The Morgan fingerprint density at radius 3 is 1.85 bits per heavy atom. The highest BCUT2D eigenvalue weighted by molar-refractivity contribution is 5.23. The maximum absolute atomic E-state index is 13.5. The molecule has 2 fully saturated rings. The Hall–Kier alpha value is -1.03. The summed E-state index contributed by atoms with van der Waals surface area (Å²) in [7, 11) is 0. The molecule has 2 saturated carbocycles. The van der Waals surface area contributed by atoms with Crippen LogP contribution in [-0.4, -0.2) is 12.7 Å². The fourth-order valence-corrected chi connectivity index (χ4v) is 5.90. The molecule has 33 heavy (non-hydrogen) atoms. The molecule has 0 bridgehead atoms. The monoisotopic (exact) mass is 466 g/mol. The van der Waals surface area contributed by atoms with Gasteiger partial charge in [-0.2, -0.15) is 0 Å². The van der Waals surface area contributed by atoms with Gasteiger partial charge in [-0.3, -0.25) is 0 Å². The topological polar surface area (TPSA) is 9.23 Å². The molecule has 188 valence electrons. The van der Waals surface area contributed by atoms with Gasteiger partial charge in [0.2, 0.25) is 0 Å². The first kappa shape index (κ1) is 26.6. The molecule has 0 N–H and O–H groups in total. The third-order valence-corrected chi connectivity index (χ3v) is 8.15. The van der Waals surface area contributed by atoms with Crippen molar-refractivity contribution in [3.63, 3.8) is 0 Å². The van der Waals surface area contributed by atoms with E-state index in [4.69, 9.17) is 4.74 Å². The zero-order valence-electron chi connectivity index (χ0n) is 20.7. The van der Waals surface area contributed by atoms with Gasteiger partial charge >= 0.3 is 0 Å². The molecule has 0 radical (unpaired) electrons. The van der Waals surface area contributed by atoms with E-state index in [9.17, 15) is 13.2 Å². The van der Waals surface area contributed by atoms with Crippen LogP contribution < -0.4 is 0 Å². The van der Waals surface area contributed by atoms with Crippen LogP contribution in [0, 0.1) is 29.3 Å². The first-order valence-electron chi connectivity index (χ1n) is 13.8. The lowest BCUT2D eigenvalue weighted by molar-refractivity contribution is -0.00486. The predicted octanol–water partition coefficient (Wildman–Crippen LogP) is 9.48. The molecule has 3 rings (SSSR count). The molecular formula is C29H45F3O. The number of benzene rings is 1. The summed E-state index contributed by atoms with van der Waals surface area (Å²) in [5.74, 6) is -1.82. The Bertz CT molecular complexity index is 652. The van der Waals surface area contributed by atoms with Crippen molar-refractivity contribution < 1.29 is 17.9 Å². The van der Waals surface area contributed by atoms with Crippen LogP contribution in [0.5, 0.6) is 0 Å². The van der Waals surface area contributed by atoms with Crippen molar-refractivity contribution in [1.29, 1.82) is 0 Å². The normalized spacial score (nSPS) is 25.9. The average molecular weight is 467 g/mol. The number of hydrogen-bond acceptors (Lipinski definition) is 1. The smallest absolute Gasteiger partial charge is 0.194 e. The van der Waals surface area contributed by atoms with Crippen molar-refractivity contribution in [3.05, 3.63) is 35.1 Å². The van der Waals surface area contributed by atoms with E-state index in [-0.39, 0.29) is 12.0 Å². The molecule has 4 heteroatoms.